The molecule has 0 aliphatic heterocycles. The second-order valence-electron chi connectivity index (χ2n) is 4.65. The second-order valence-corrected chi connectivity index (χ2v) is 5.89. The van der Waals surface area contributed by atoms with Gasteiger partial charge in [0.05, 0.1) is 0 Å². The maximum absolute atomic E-state index is 12.0. The van der Waals surface area contributed by atoms with Gasteiger partial charge in [0.2, 0.25) is 0 Å². The zero-order chi connectivity index (χ0) is 14.7. The molecule has 1 aliphatic rings. The van der Waals surface area contributed by atoms with Crippen molar-refractivity contribution in [2.24, 2.45) is 0 Å². The van der Waals surface area contributed by atoms with E-state index in [1.165, 1.54) is 6.07 Å². The molecule has 1 aromatic carbocycles. The molecule has 0 unspecified atom stereocenters. The molecule has 1 N–H and O–H groups in total. The van der Waals surface area contributed by atoms with E-state index in [2.05, 4.69) is 0 Å². The zero-order valence-corrected chi connectivity index (χ0v) is 13.3. The van der Waals surface area contributed by atoms with Gasteiger partial charge < -0.3 is 14.7 Å². The summed E-state index contributed by atoms with van der Waals surface area (Å²) in [6.45, 7) is 2.47. The summed E-state index contributed by atoms with van der Waals surface area (Å²) in [5, 5.41) is 9.13. The molecule has 108 valence electrons. The lowest BCUT2D eigenvalue weighted by Crippen LogP contribution is -2.36. The predicted octanol–water partition coefficient (Wildman–Crippen LogP) is 2.38. The molecule has 0 heterocycles. The van der Waals surface area contributed by atoms with Crippen LogP contribution in [0, 0.1) is 3.57 Å². The molecule has 0 bridgehead atoms. The van der Waals surface area contributed by atoms with Gasteiger partial charge in [-0.05, 0) is 60.6 Å². The van der Waals surface area contributed by atoms with Crippen molar-refractivity contribution in [1.29, 1.82) is 0 Å². The number of carbonyl (C=O) groups is 2. The van der Waals surface area contributed by atoms with Crippen LogP contribution in [0.3, 0.4) is 0 Å². The van der Waals surface area contributed by atoms with Crippen LogP contribution in [0.4, 0.5) is 0 Å². The van der Waals surface area contributed by atoms with Gasteiger partial charge >= 0.3 is 5.97 Å². The summed E-state index contributed by atoms with van der Waals surface area (Å²) in [4.78, 5) is 25.0. The fourth-order valence-electron chi connectivity index (χ4n) is 2.04. The van der Waals surface area contributed by atoms with Crippen LogP contribution in [-0.2, 0) is 4.79 Å². The number of rotatable bonds is 6. The third-order valence-electron chi connectivity index (χ3n) is 3.17. The number of carboxylic acid groups (broad SMARTS) is 1. The van der Waals surface area contributed by atoms with E-state index in [1.807, 2.05) is 29.5 Å². The number of carboxylic acids is 1. The molecule has 6 heteroatoms. The average molecular weight is 389 g/mol. The monoisotopic (exact) mass is 389 g/mol. The van der Waals surface area contributed by atoms with Gasteiger partial charge in [-0.15, -0.1) is 0 Å². The number of ether oxygens (including phenoxy) is 1. The van der Waals surface area contributed by atoms with Crippen LogP contribution in [0.25, 0.3) is 0 Å². The van der Waals surface area contributed by atoms with E-state index in [4.69, 9.17) is 9.84 Å². The highest BCUT2D eigenvalue weighted by atomic mass is 127. The Hall–Kier alpha value is -1.31. The number of halogens is 1. The molecule has 1 aliphatic carbocycles. The third-order valence-corrected chi connectivity index (χ3v) is 3.84. The maximum atomic E-state index is 12.0. The van der Waals surface area contributed by atoms with Crippen molar-refractivity contribution < 1.29 is 19.4 Å². The van der Waals surface area contributed by atoms with E-state index in [-0.39, 0.29) is 23.8 Å². The van der Waals surface area contributed by atoms with Crippen molar-refractivity contribution >= 4 is 34.5 Å². The molecule has 2 rings (SSSR count). The molecule has 1 saturated carbocycles. The molecule has 1 aromatic rings. The smallest absolute Gasteiger partial charge is 0.339 e. The minimum Gasteiger partial charge on any atom is -0.483 e. The van der Waals surface area contributed by atoms with Crippen LogP contribution in [-0.4, -0.2) is 41.1 Å². The van der Waals surface area contributed by atoms with Crippen molar-refractivity contribution in [3.05, 3.63) is 27.3 Å². The number of amides is 1. The number of hydrogen-bond donors (Lipinski definition) is 1. The first-order valence-electron chi connectivity index (χ1n) is 6.48. The number of benzene rings is 1. The van der Waals surface area contributed by atoms with Crippen LogP contribution < -0.4 is 4.74 Å². The van der Waals surface area contributed by atoms with E-state index in [1.54, 1.807) is 17.0 Å². The van der Waals surface area contributed by atoms with Gasteiger partial charge in [-0.2, -0.15) is 0 Å². The summed E-state index contributed by atoms with van der Waals surface area (Å²) in [5.74, 6) is -0.913. The topological polar surface area (TPSA) is 66.8 Å². The Balaban J connectivity index is 2.03. The summed E-state index contributed by atoms with van der Waals surface area (Å²) in [7, 11) is 0. The Labute approximate surface area is 131 Å². The van der Waals surface area contributed by atoms with Gasteiger partial charge in [0.25, 0.3) is 5.91 Å². The van der Waals surface area contributed by atoms with Gasteiger partial charge in [-0.3, -0.25) is 4.79 Å². The fourth-order valence-corrected chi connectivity index (χ4v) is 2.53. The highest BCUT2D eigenvalue weighted by Gasteiger charge is 2.31. The first kappa shape index (κ1) is 15.1. The van der Waals surface area contributed by atoms with Crippen LogP contribution in [0.1, 0.15) is 30.1 Å². The number of carbonyl (C=O) groups excluding carboxylic acids is 1. The molecule has 0 aromatic heterocycles. The van der Waals surface area contributed by atoms with E-state index >= 15 is 0 Å². The van der Waals surface area contributed by atoms with Gasteiger partial charge in [-0.25, -0.2) is 4.79 Å². The highest BCUT2D eigenvalue weighted by molar-refractivity contribution is 14.1. The second kappa shape index (κ2) is 6.43. The minimum absolute atomic E-state index is 0.0826. The van der Waals surface area contributed by atoms with Crippen molar-refractivity contribution in [2.45, 2.75) is 25.8 Å². The van der Waals surface area contributed by atoms with Gasteiger partial charge in [-0.1, -0.05) is 0 Å². The Morgan fingerprint density at radius 3 is 2.70 bits per heavy atom. The summed E-state index contributed by atoms with van der Waals surface area (Å²) >= 11 is 2.04. The zero-order valence-electron chi connectivity index (χ0n) is 11.1. The van der Waals surface area contributed by atoms with E-state index < -0.39 is 5.97 Å². The Morgan fingerprint density at radius 1 is 1.45 bits per heavy atom. The first-order valence-corrected chi connectivity index (χ1v) is 7.56. The lowest BCUT2D eigenvalue weighted by atomic mass is 10.2. The summed E-state index contributed by atoms with van der Waals surface area (Å²) in [6, 6.07) is 5.21. The van der Waals surface area contributed by atoms with Crippen LogP contribution in [0.2, 0.25) is 0 Å². The maximum Gasteiger partial charge on any atom is 0.339 e. The Morgan fingerprint density at radius 2 is 2.15 bits per heavy atom. The average Bonchev–Trinajstić information content (AvgIpc) is 3.22. The van der Waals surface area contributed by atoms with E-state index in [0.717, 1.165) is 16.4 Å². The molecule has 0 radical (unpaired) electrons. The summed E-state index contributed by atoms with van der Waals surface area (Å²) in [6.07, 6.45) is 2.09. The molecule has 0 spiro atoms. The Bertz CT molecular complexity index is 528. The lowest BCUT2D eigenvalue weighted by Gasteiger charge is -2.20. The highest BCUT2D eigenvalue weighted by Crippen LogP contribution is 2.27. The van der Waals surface area contributed by atoms with E-state index in [0.29, 0.717) is 12.6 Å². The molecule has 1 amide bonds. The number of hydrogen-bond acceptors (Lipinski definition) is 3. The summed E-state index contributed by atoms with van der Waals surface area (Å²) < 4.78 is 6.21. The fraction of sp³-hybridized carbons (Fsp3) is 0.429. The van der Waals surface area contributed by atoms with Crippen LogP contribution in [0.5, 0.6) is 5.75 Å². The molecule has 5 nitrogen and oxygen atoms in total. The largest absolute Gasteiger partial charge is 0.483 e. The molecule has 0 atom stereocenters. The minimum atomic E-state index is -1.06. The lowest BCUT2D eigenvalue weighted by molar-refractivity contribution is -0.133. The van der Waals surface area contributed by atoms with Gasteiger partial charge in [0, 0.05) is 16.2 Å². The number of nitrogens with zero attached hydrogens (tertiary/aromatic N) is 1. The number of aromatic carboxylic acids is 1. The molecule has 1 fully saturated rings. The van der Waals surface area contributed by atoms with Crippen molar-refractivity contribution in [1.82, 2.24) is 4.90 Å². The number of likely N-dealkylation sites (N-methyl/N-ethyl adjacent to an activating group) is 1. The third kappa shape index (κ3) is 3.62. The molecular weight excluding hydrogens is 373 g/mol. The first-order chi connectivity index (χ1) is 9.52. The SMILES string of the molecule is CCN(C(=O)COc1ccc(I)cc1C(=O)O)C1CC1. The van der Waals surface area contributed by atoms with Crippen molar-refractivity contribution in [3.8, 4) is 5.75 Å². The van der Waals surface area contributed by atoms with Crippen molar-refractivity contribution in [2.75, 3.05) is 13.2 Å². The van der Waals surface area contributed by atoms with Crippen LogP contribution >= 0.6 is 22.6 Å². The Kier molecular flexibility index (Phi) is 4.85. The standard InChI is InChI=1S/C14H16INO4/c1-2-16(10-4-5-10)13(17)8-20-12-6-3-9(15)7-11(12)14(18)19/h3,6-7,10H,2,4-5,8H2,1H3,(H,18,19). The molecule has 20 heavy (non-hydrogen) atoms. The van der Waals surface area contributed by atoms with Gasteiger partial charge in [0.15, 0.2) is 6.61 Å². The normalized spacial score (nSPS) is 13.9. The van der Waals surface area contributed by atoms with Crippen LogP contribution in [0.15, 0.2) is 18.2 Å². The molecular formula is C14H16INO4. The van der Waals surface area contributed by atoms with Crippen molar-refractivity contribution in [3.63, 3.8) is 0 Å². The predicted molar refractivity (Wildman–Crippen MR) is 82.0 cm³/mol. The van der Waals surface area contributed by atoms with Gasteiger partial charge in [0.1, 0.15) is 11.3 Å². The summed E-state index contributed by atoms with van der Waals surface area (Å²) in [5.41, 5.74) is 0.0826. The molecule has 0 saturated heterocycles. The van der Waals surface area contributed by atoms with E-state index in [9.17, 15) is 9.59 Å². The quantitative estimate of drug-likeness (QED) is 0.759.